The van der Waals surface area contributed by atoms with Crippen molar-refractivity contribution in [2.24, 2.45) is 10.8 Å². The van der Waals surface area contributed by atoms with Gasteiger partial charge in [0, 0.05) is 25.4 Å². The van der Waals surface area contributed by atoms with Crippen LogP contribution in [0.15, 0.2) is 48.5 Å². The van der Waals surface area contributed by atoms with Crippen molar-refractivity contribution >= 4 is 18.0 Å². The monoisotopic (exact) mass is 478 g/mol. The molecule has 2 amide bonds. The first-order valence-electron chi connectivity index (χ1n) is 12.3. The number of ether oxygens (including phenoxy) is 1. The van der Waals surface area contributed by atoms with Crippen molar-refractivity contribution in [1.29, 1.82) is 0 Å². The molecule has 186 valence electrons. The van der Waals surface area contributed by atoms with Crippen LogP contribution in [0.1, 0.15) is 63.0 Å². The van der Waals surface area contributed by atoms with Gasteiger partial charge in [-0.1, -0.05) is 62.4 Å². The van der Waals surface area contributed by atoms with E-state index < -0.39 is 17.5 Å². The minimum Gasteiger partial charge on any atom is -0.481 e. The van der Waals surface area contributed by atoms with Crippen LogP contribution in [0.2, 0.25) is 0 Å². The van der Waals surface area contributed by atoms with E-state index in [2.05, 4.69) is 48.7 Å². The third kappa shape index (κ3) is 5.84. The molecule has 0 aliphatic heterocycles. The Morgan fingerprint density at radius 1 is 0.971 bits per heavy atom. The third-order valence-electron chi connectivity index (χ3n) is 7.37. The number of benzene rings is 2. The van der Waals surface area contributed by atoms with Gasteiger partial charge in [-0.3, -0.25) is 9.59 Å². The Hall–Kier alpha value is -3.35. The number of aliphatic carboxylic acids is 1. The predicted octanol–water partition coefficient (Wildman–Crippen LogP) is 4.70. The molecule has 1 fully saturated rings. The lowest BCUT2D eigenvalue weighted by molar-refractivity contribution is -0.143. The van der Waals surface area contributed by atoms with Crippen molar-refractivity contribution in [2.45, 2.75) is 51.9 Å². The van der Waals surface area contributed by atoms with Crippen molar-refractivity contribution < 1.29 is 24.2 Å². The molecule has 4 rings (SSSR count). The molecule has 0 heterocycles. The van der Waals surface area contributed by atoms with Crippen LogP contribution >= 0.6 is 0 Å². The fourth-order valence-electron chi connectivity index (χ4n) is 4.70. The van der Waals surface area contributed by atoms with Gasteiger partial charge in [-0.25, -0.2) is 4.79 Å². The summed E-state index contributed by atoms with van der Waals surface area (Å²) in [5, 5.41) is 14.8. The lowest BCUT2D eigenvalue weighted by Gasteiger charge is -2.24. The third-order valence-corrected chi connectivity index (χ3v) is 7.37. The van der Waals surface area contributed by atoms with E-state index in [1.54, 1.807) is 0 Å². The molecular weight excluding hydrogens is 444 g/mol. The second kappa shape index (κ2) is 10.1. The molecule has 3 N–H and O–H groups in total. The maximum Gasteiger partial charge on any atom is 0.407 e. The second-order valence-electron chi connectivity index (χ2n) is 10.5. The first-order valence-corrected chi connectivity index (χ1v) is 12.3. The Labute approximate surface area is 206 Å². The number of nitrogens with one attached hydrogen (secondary N) is 2. The Balaban J connectivity index is 1.17. The van der Waals surface area contributed by atoms with Crippen molar-refractivity contribution in [3.05, 3.63) is 59.7 Å². The molecule has 0 unspecified atom stereocenters. The molecular formula is C28H34N2O5. The van der Waals surface area contributed by atoms with Crippen LogP contribution in [-0.2, 0) is 14.3 Å². The number of amides is 2. The Morgan fingerprint density at radius 3 is 2.14 bits per heavy atom. The number of carbonyl (C=O) groups is 3. The van der Waals surface area contributed by atoms with E-state index in [1.165, 1.54) is 22.3 Å². The fourth-order valence-corrected chi connectivity index (χ4v) is 4.70. The minimum absolute atomic E-state index is 0.0269. The molecule has 7 nitrogen and oxygen atoms in total. The predicted molar refractivity (Wildman–Crippen MR) is 133 cm³/mol. The van der Waals surface area contributed by atoms with Gasteiger partial charge in [0.25, 0.3) is 0 Å². The molecule has 0 saturated heterocycles. The fraction of sp³-hybridized carbons (Fsp3) is 0.464. The van der Waals surface area contributed by atoms with Crippen molar-refractivity contribution in [2.75, 3.05) is 19.7 Å². The van der Waals surface area contributed by atoms with Crippen LogP contribution in [0.5, 0.6) is 0 Å². The van der Waals surface area contributed by atoms with Gasteiger partial charge >= 0.3 is 12.1 Å². The van der Waals surface area contributed by atoms with Gasteiger partial charge < -0.3 is 20.5 Å². The lowest BCUT2D eigenvalue weighted by Crippen LogP contribution is -2.35. The van der Waals surface area contributed by atoms with Gasteiger partial charge in [0.1, 0.15) is 6.61 Å². The number of fused-ring (bicyclic) bond motifs is 3. The standard InChI is InChI=1S/C28H34N2O5/c1-27(2,12-11-24(31)30-18-28(13-14-28)25(32)33)15-16-29-26(34)35-17-23-21-9-5-3-7-19(21)20-8-4-6-10-22(20)23/h3-10,23H,11-18H2,1-2H3,(H,29,34)(H,30,31)(H,32,33). The summed E-state index contributed by atoms with van der Waals surface area (Å²) >= 11 is 0. The molecule has 7 heteroatoms. The van der Waals surface area contributed by atoms with Crippen LogP contribution in [0.4, 0.5) is 4.79 Å². The number of carbonyl (C=O) groups excluding carboxylic acids is 2. The van der Waals surface area contributed by atoms with Crippen LogP contribution in [0.25, 0.3) is 11.1 Å². The molecule has 0 radical (unpaired) electrons. The maximum absolute atomic E-state index is 12.4. The molecule has 2 aliphatic rings. The van der Waals surface area contributed by atoms with Gasteiger partial charge in [0.15, 0.2) is 0 Å². The average molecular weight is 479 g/mol. The molecule has 0 atom stereocenters. The largest absolute Gasteiger partial charge is 0.481 e. The highest BCUT2D eigenvalue weighted by Crippen LogP contribution is 2.45. The molecule has 0 bridgehead atoms. The topological polar surface area (TPSA) is 105 Å². The van der Waals surface area contributed by atoms with Crippen molar-refractivity contribution in [1.82, 2.24) is 10.6 Å². The van der Waals surface area contributed by atoms with E-state index in [0.717, 1.165) is 0 Å². The Kier molecular flexibility index (Phi) is 7.15. The lowest BCUT2D eigenvalue weighted by atomic mass is 9.84. The van der Waals surface area contributed by atoms with E-state index in [0.29, 0.717) is 38.6 Å². The summed E-state index contributed by atoms with van der Waals surface area (Å²) in [6.45, 7) is 5.04. The van der Waals surface area contributed by atoms with E-state index in [-0.39, 0.29) is 30.4 Å². The summed E-state index contributed by atoms with van der Waals surface area (Å²) in [6.07, 6.45) is 2.47. The van der Waals surface area contributed by atoms with Crippen LogP contribution in [-0.4, -0.2) is 42.8 Å². The molecule has 2 aromatic carbocycles. The summed E-state index contributed by atoms with van der Waals surface area (Å²) < 4.78 is 5.58. The summed E-state index contributed by atoms with van der Waals surface area (Å²) in [5.41, 5.74) is 3.83. The van der Waals surface area contributed by atoms with E-state index in [1.807, 2.05) is 24.3 Å². The van der Waals surface area contributed by atoms with Crippen molar-refractivity contribution in [3.8, 4) is 11.1 Å². The molecule has 0 aromatic heterocycles. The normalized spacial score (nSPS) is 15.6. The number of carboxylic acids is 1. The zero-order valence-electron chi connectivity index (χ0n) is 20.4. The van der Waals surface area contributed by atoms with Crippen molar-refractivity contribution in [3.63, 3.8) is 0 Å². The van der Waals surface area contributed by atoms with Crippen LogP contribution < -0.4 is 10.6 Å². The average Bonchev–Trinajstić information content (AvgIpc) is 3.57. The van der Waals surface area contributed by atoms with Crippen LogP contribution in [0, 0.1) is 10.8 Å². The number of rotatable bonds is 11. The van der Waals surface area contributed by atoms with Gasteiger partial charge in [-0.15, -0.1) is 0 Å². The molecule has 0 spiro atoms. The first kappa shape index (κ1) is 24.8. The van der Waals surface area contributed by atoms with E-state index >= 15 is 0 Å². The Bertz CT molecular complexity index is 1060. The first-order chi connectivity index (χ1) is 16.7. The van der Waals surface area contributed by atoms with E-state index in [4.69, 9.17) is 4.74 Å². The summed E-state index contributed by atoms with van der Waals surface area (Å²) in [5.74, 6) is -0.938. The number of hydrogen-bond acceptors (Lipinski definition) is 4. The molecule has 1 saturated carbocycles. The molecule has 35 heavy (non-hydrogen) atoms. The van der Waals surface area contributed by atoms with E-state index in [9.17, 15) is 19.5 Å². The summed E-state index contributed by atoms with van der Waals surface area (Å²) in [7, 11) is 0. The Morgan fingerprint density at radius 2 is 1.57 bits per heavy atom. The van der Waals surface area contributed by atoms with Gasteiger partial charge in [-0.05, 0) is 53.4 Å². The summed E-state index contributed by atoms with van der Waals surface area (Å²) in [4.78, 5) is 35.8. The molecule has 2 aromatic rings. The minimum atomic E-state index is -0.836. The van der Waals surface area contributed by atoms with Gasteiger partial charge in [0.05, 0.1) is 5.41 Å². The quantitative estimate of drug-likeness (QED) is 0.434. The number of hydrogen-bond donors (Lipinski definition) is 3. The highest BCUT2D eigenvalue weighted by atomic mass is 16.5. The SMILES string of the molecule is CC(C)(CCNC(=O)OCC1c2ccccc2-c2ccccc21)CCC(=O)NCC1(C(=O)O)CC1. The highest BCUT2D eigenvalue weighted by Gasteiger charge is 2.50. The second-order valence-corrected chi connectivity index (χ2v) is 10.5. The number of carboxylic acid groups (broad SMARTS) is 1. The van der Waals surface area contributed by atoms with Gasteiger partial charge in [-0.2, -0.15) is 0 Å². The van der Waals surface area contributed by atoms with Gasteiger partial charge in [0.2, 0.25) is 5.91 Å². The summed E-state index contributed by atoms with van der Waals surface area (Å²) in [6, 6.07) is 16.5. The smallest absolute Gasteiger partial charge is 0.407 e. The number of alkyl carbamates (subject to hydrolysis) is 1. The zero-order valence-corrected chi connectivity index (χ0v) is 20.4. The zero-order chi connectivity index (χ0) is 25.1. The molecule has 2 aliphatic carbocycles. The maximum atomic E-state index is 12.4. The highest BCUT2D eigenvalue weighted by molar-refractivity contribution is 5.81. The van der Waals surface area contributed by atoms with Crippen LogP contribution in [0.3, 0.4) is 0 Å².